The summed E-state index contributed by atoms with van der Waals surface area (Å²) in [5, 5.41) is 8.99. The summed E-state index contributed by atoms with van der Waals surface area (Å²) in [7, 11) is 0. The smallest absolute Gasteiger partial charge is 0.116 e. The highest BCUT2D eigenvalue weighted by molar-refractivity contribution is 14.1. The van der Waals surface area contributed by atoms with Gasteiger partial charge in [-0.05, 0) is 53.3 Å². The maximum Gasteiger partial charge on any atom is 0.116 e. The fourth-order valence-electron chi connectivity index (χ4n) is 0.717. The number of benzene rings is 1. The predicted molar refractivity (Wildman–Crippen MR) is 45.6 cm³/mol. The van der Waals surface area contributed by atoms with Crippen molar-refractivity contribution in [3.63, 3.8) is 0 Å². The van der Waals surface area contributed by atoms with E-state index in [2.05, 4.69) is 22.6 Å². The Balaban J connectivity index is 3.17. The van der Waals surface area contributed by atoms with E-state index in [0.29, 0.717) is 5.75 Å². The van der Waals surface area contributed by atoms with Crippen molar-refractivity contribution in [2.75, 3.05) is 0 Å². The fraction of sp³-hybridized carbons (Fsp3) is 0.143. The van der Waals surface area contributed by atoms with E-state index in [4.69, 9.17) is 5.11 Å². The van der Waals surface area contributed by atoms with Crippen molar-refractivity contribution in [2.45, 2.75) is 6.92 Å². The summed E-state index contributed by atoms with van der Waals surface area (Å²) in [4.78, 5) is 0. The summed E-state index contributed by atoms with van der Waals surface area (Å²) in [5.41, 5.74) is 1.10. The van der Waals surface area contributed by atoms with Crippen molar-refractivity contribution in [1.82, 2.24) is 0 Å². The highest BCUT2D eigenvalue weighted by Gasteiger charge is 1.90. The highest BCUT2D eigenvalue weighted by Crippen LogP contribution is 2.15. The molecule has 0 radical (unpaired) electrons. The standard InChI is InChI=1S/C7H7IO/c1-5-2-6(8)4-7(9)3-5/h2-4,9H,1H3. The number of phenols is 1. The van der Waals surface area contributed by atoms with Crippen LogP contribution in [0.15, 0.2) is 18.2 Å². The van der Waals surface area contributed by atoms with Crippen LogP contribution in [0.25, 0.3) is 0 Å². The molecule has 0 unspecified atom stereocenters. The average molecular weight is 234 g/mol. The number of phenolic OH excluding ortho intramolecular Hbond substituents is 1. The Morgan fingerprint density at radius 1 is 1.33 bits per heavy atom. The van der Waals surface area contributed by atoms with Crippen LogP contribution in [-0.2, 0) is 0 Å². The first-order valence-electron chi connectivity index (χ1n) is 2.64. The van der Waals surface area contributed by atoms with E-state index in [-0.39, 0.29) is 0 Å². The molecule has 0 atom stereocenters. The summed E-state index contributed by atoms with van der Waals surface area (Å²) < 4.78 is 1.07. The van der Waals surface area contributed by atoms with E-state index in [0.717, 1.165) is 9.13 Å². The first kappa shape index (κ1) is 6.86. The maximum absolute atomic E-state index is 8.99. The number of aromatic hydroxyl groups is 1. The zero-order valence-corrected chi connectivity index (χ0v) is 7.21. The van der Waals surface area contributed by atoms with Gasteiger partial charge < -0.3 is 5.11 Å². The van der Waals surface area contributed by atoms with Gasteiger partial charge in [0.25, 0.3) is 0 Å². The number of halogens is 1. The van der Waals surface area contributed by atoms with Gasteiger partial charge >= 0.3 is 0 Å². The average Bonchev–Trinajstić information content (AvgIpc) is 1.59. The molecule has 0 fully saturated rings. The first-order chi connectivity index (χ1) is 4.18. The van der Waals surface area contributed by atoms with Gasteiger partial charge in [0.05, 0.1) is 0 Å². The van der Waals surface area contributed by atoms with Gasteiger partial charge in [0, 0.05) is 3.57 Å². The Hall–Kier alpha value is -0.250. The number of aryl methyl sites for hydroxylation is 1. The van der Waals surface area contributed by atoms with Crippen LogP contribution in [0.1, 0.15) is 5.56 Å². The SMILES string of the molecule is Cc1cc(O)cc(I)c1. The molecule has 1 N–H and O–H groups in total. The molecule has 0 aromatic heterocycles. The predicted octanol–water partition coefficient (Wildman–Crippen LogP) is 2.31. The van der Waals surface area contributed by atoms with Crippen LogP contribution >= 0.6 is 22.6 Å². The molecule has 0 bridgehead atoms. The molecule has 2 heteroatoms. The highest BCUT2D eigenvalue weighted by atomic mass is 127. The Morgan fingerprint density at radius 2 is 2.00 bits per heavy atom. The van der Waals surface area contributed by atoms with E-state index >= 15 is 0 Å². The van der Waals surface area contributed by atoms with Crippen molar-refractivity contribution in [3.8, 4) is 5.75 Å². The zero-order valence-electron chi connectivity index (χ0n) is 5.06. The van der Waals surface area contributed by atoms with Gasteiger partial charge in [-0.25, -0.2) is 0 Å². The molecule has 1 rings (SSSR count). The molecule has 1 nitrogen and oxygen atoms in total. The van der Waals surface area contributed by atoms with Crippen LogP contribution in [-0.4, -0.2) is 5.11 Å². The van der Waals surface area contributed by atoms with Crippen molar-refractivity contribution in [2.24, 2.45) is 0 Å². The molecule has 0 amide bonds. The van der Waals surface area contributed by atoms with Gasteiger partial charge in [-0.1, -0.05) is 0 Å². The van der Waals surface area contributed by atoms with Crippen molar-refractivity contribution < 1.29 is 5.11 Å². The Kier molecular flexibility index (Phi) is 1.95. The fourth-order valence-corrected chi connectivity index (χ4v) is 1.53. The Labute approximate surface area is 67.9 Å². The van der Waals surface area contributed by atoms with E-state index < -0.39 is 0 Å². The second-order valence-corrected chi connectivity index (χ2v) is 3.23. The monoisotopic (exact) mass is 234 g/mol. The van der Waals surface area contributed by atoms with E-state index in [1.807, 2.05) is 13.0 Å². The van der Waals surface area contributed by atoms with E-state index in [9.17, 15) is 0 Å². The third-order valence-corrected chi connectivity index (χ3v) is 1.65. The van der Waals surface area contributed by atoms with E-state index in [1.54, 1.807) is 12.1 Å². The molecule has 0 spiro atoms. The van der Waals surface area contributed by atoms with Crippen LogP contribution in [0.5, 0.6) is 5.75 Å². The topological polar surface area (TPSA) is 20.2 Å². The van der Waals surface area contributed by atoms with Gasteiger partial charge in [0.1, 0.15) is 5.75 Å². The van der Waals surface area contributed by atoms with Crippen molar-refractivity contribution >= 4 is 22.6 Å². The lowest BCUT2D eigenvalue weighted by atomic mass is 10.2. The Morgan fingerprint density at radius 3 is 2.44 bits per heavy atom. The summed E-state index contributed by atoms with van der Waals surface area (Å²) >= 11 is 2.17. The van der Waals surface area contributed by atoms with Gasteiger partial charge in [-0.3, -0.25) is 0 Å². The van der Waals surface area contributed by atoms with E-state index in [1.165, 1.54) is 0 Å². The summed E-state index contributed by atoms with van der Waals surface area (Å²) in [5.74, 6) is 0.347. The molecule has 0 aliphatic heterocycles. The normalized spacial score (nSPS) is 9.56. The van der Waals surface area contributed by atoms with Crippen molar-refractivity contribution in [3.05, 3.63) is 27.3 Å². The third kappa shape index (κ3) is 1.86. The number of hydrogen-bond acceptors (Lipinski definition) is 1. The van der Waals surface area contributed by atoms with Crippen LogP contribution in [0, 0.1) is 10.5 Å². The zero-order chi connectivity index (χ0) is 6.85. The summed E-state index contributed by atoms with van der Waals surface area (Å²) in [6.45, 7) is 1.96. The van der Waals surface area contributed by atoms with Crippen LogP contribution in [0.3, 0.4) is 0 Å². The second-order valence-electron chi connectivity index (χ2n) is 1.99. The van der Waals surface area contributed by atoms with Crippen molar-refractivity contribution in [1.29, 1.82) is 0 Å². The lowest BCUT2D eigenvalue weighted by molar-refractivity contribution is 0.474. The second kappa shape index (κ2) is 2.56. The molecule has 0 saturated heterocycles. The lowest BCUT2D eigenvalue weighted by Gasteiger charge is -1.94. The molecular weight excluding hydrogens is 227 g/mol. The molecule has 48 valence electrons. The van der Waals surface area contributed by atoms with Gasteiger partial charge in [-0.2, -0.15) is 0 Å². The molecular formula is C7H7IO. The molecule has 1 aromatic carbocycles. The summed E-state index contributed by atoms with van der Waals surface area (Å²) in [6.07, 6.45) is 0. The molecule has 0 heterocycles. The van der Waals surface area contributed by atoms with Crippen LogP contribution < -0.4 is 0 Å². The van der Waals surface area contributed by atoms with Gasteiger partial charge in [0.15, 0.2) is 0 Å². The molecule has 9 heavy (non-hydrogen) atoms. The van der Waals surface area contributed by atoms with Crippen LogP contribution in [0.4, 0.5) is 0 Å². The first-order valence-corrected chi connectivity index (χ1v) is 3.72. The third-order valence-electron chi connectivity index (χ3n) is 1.03. The summed E-state index contributed by atoms with van der Waals surface area (Å²) in [6, 6.07) is 5.48. The number of hydrogen-bond donors (Lipinski definition) is 1. The minimum absolute atomic E-state index is 0.347. The van der Waals surface area contributed by atoms with Gasteiger partial charge in [-0.15, -0.1) is 0 Å². The lowest BCUT2D eigenvalue weighted by Crippen LogP contribution is -1.73. The Bertz CT molecular complexity index is 170. The minimum atomic E-state index is 0.347. The minimum Gasteiger partial charge on any atom is -0.508 e. The molecule has 0 aliphatic carbocycles. The molecule has 0 aliphatic rings. The maximum atomic E-state index is 8.99. The molecule has 1 aromatic rings. The quantitative estimate of drug-likeness (QED) is 0.683. The largest absolute Gasteiger partial charge is 0.508 e. The van der Waals surface area contributed by atoms with Gasteiger partial charge in [0.2, 0.25) is 0 Å². The molecule has 0 saturated carbocycles. The number of rotatable bonds is 0. The van der Waals surface area contributed by atoms with Crippen LogP contribution in [0.2, 0.25) is 0 Å².